The molecule has 1 aromatic heterocycles. The second kappa shape index (κ2) is 5.61. The Kier molecular flexibility index (Phi) is 3.90. The van der Waals surface area contributed by atoms with Gasteiger partial charge >= 0.3 is 0 Å². The minimum atomic E-state index is 0.390. The largest absolute Gasteiger partial charge is 0.396 e. The highest BCUT2D eigenvalue weighted by atomic mass is 15.2. The van der Waals surface area contributed by atoms with Crippen molar-refractivity contribution < 1.29 is 0 Å². The van der Waals surface area contributed by atoms with Gasteiger partial charge in [-0.1, -0.05) is 24.3 Å². The Morgan fingerprint density at radius 2 is 1.84 bits per heavy atom. The third-order valence-electron chi connectivity index (χ3n) is 3.27. The maximum absolute atomic E-state index is 5.77. The molecule has 0 bridgehead atoms. The Hall–Kier alpha value is -2.23. The summed E-state index contributed by atoms with van der Waals surface area (Å²) in [4.78, 5) is 6.53. The molecule has 2 rings (SSSR count). The summed E-state index contributed by atoms with van der Waals surface area (Å²) in [6, 6.07) is 12.1. The van der Waals surface area contributed by atoms with Gasteiger partial charge in [0.25, 0.3) is 0 Å². The minimum Gasteiger partial charge on any atom is -0.396 e. The normalized spacial score (nSPS) is 10.4. The molecule has 2 aromatic rings. The lowest BCUT2D eigenvalue weighted by Crippen LogP contribution is -2.24. The van der Waals surface area contributed by atoms with Crippen LogP contribution in [-0.4, -0.2) is 11.5 Å². The molecule has 1 aromatic carbocycles. The molecule has 0 fully saturated rings. The average Bonchev–Trinajstić information content (AvgIpc) is 2.41. The van der Waals surface area contributed by atoms with Crippen LogP contribution in [0.25, 0.3) is 0 Å². The molecule has 100 valence electrons. The summed E-state index contributed by atoms with van der Waals surface area (Å²) in [7, 11) is 0. The Morgan fingerprint density at radius 1 is 1.11 bits per heavy atom. The van der Waals surface area contributed by atoms with Gasteiger partial charge in [0.1, 0.15) is 11.6 Å². The van der Waals surface area contributed by atoms with Crippen LogP contribution >= 0.6 is 0 Å². The van der Waals surface area contributed by atoms with Gasteiger partial charge < -0.3 is 16.4 Å². The number of rotatable bonds is 4. The summed E-state index contributed by atoms with van der Waals surface area (Å²) in [6.07, 6.45) is 0. The first-order chi connectivity index (χ1) is 9.11. The van der Waals surface area contributed by atoms with Crippen molar-refractivity contribution >= 4 is 17.3 Å². The van der Waals surface area contributed by atoms with Crippen molar-refractivity contribution in [3.05, 3.63) is 47.5 Å². The number of nitrogens with two attached hydrogens (primary N) is 2. The highest BCUT2D eigenvalue weighted by Crippen LogP contribution is 2.20. The highest BCUT2D eigenvalue weighted by molar-refractivity contribution is 5.62. The predicted octanol–water partition coefficient (Wildman–Crippen LogP) is 2.58. The van der Waals surface area contributed by atoms with Crippen molar-refractivity contribution in [1.29, 1.82) is 0 Å². The quantitative estimate of drug-likeness (QED) is 0.882. The first-order valence-corrected chi connectivity index (χ1v) is 6.43. The summed E-state index contributed by atoms with van der Waals surface area (Å²) in [5, 5.41) is 0. The van der Waals surface area contributed by atoms with E-state index in [9.17, 15) is 0 Å². The summed E-state index contributed by atoms with van der Waals surface area (Å²) in [5.41, 5.74) is 14.6. The number of aryl methyl sites for hydroxylation is 1. The van der Waals surface area contributed by atoms with Gasteiger partial charge in [-0.3, -0.25) is 0 Å². The molecule has 0 spiro atoms. The van der Waals surface area contributed by atoms with Crippen LogP contribution in [0.2, 0.25) is 0 Å². The van der Waals surface area contributed by atoms with E-state index in [0.717, 1.165) is 18.9 Å². The Labute approximate surface area is 114 Å². The molecule has 0 saturated carbocycles. The topological polar surface area (TPSA) is 68.2 Å². The van der Waals surface area contributed by atoms with Crippen LogP contribution in [0.3, 0.4) is 0 Å². The van der Waals surface area contributed by atoms with Crippen LogP contribution in [0.1, 0.15) is 18.1 Å². The fourth-order valence-electron chi connectivity index (χ4n) is 2.00. The van der Waals surface area contributed by atoms with Gasteiger partial charge in [0.2, 0.25) is 0 Å². The Bertz CT molecular complexity index is 566. The standard InChI is InChI=1S/C15H20N4/c1-3-19(10-12-7-5-4-6-11(12)2)14-9-8-13(16)15(17)18-14/h4-9H,3,10,16H2,1-2H3,(H2,17,18). The van der Waals surface area contributed by atoms with Crippen LogP contribution in [-0.2, 0) is 6.54 Å². The average molecular weight is 256 g/mol. The summed E-state index contributed by atoms with van der Waals surface area (Å²) in [6.45, 7) is 5.91. The zero-order valence-corrected chi connectivity index (χ0v) is 11.4. The maximum atomic E-state index is 5.77. The molecule has 1 heterocycles. The molecular formula is C15H20N4. The highest BCUT2D eigenvalue weighted by Gasteiger charge is 2.09. The third-order valence-corrected chi connectivity index (χ3v) is 3.27. The van der Waals surface area contributed by atoms with E-state index in [1.807, 2.05) is 6.07 Å². The Balaban J connectivity index is 2.25. The summed E-state index contributed by atoms with van der Waals surface area (Å²) < 4.78 is 0. The number of pyridine rings is 1. The van der Waals surface area contributed by atoms with Crippen molar-refractivity contribution in [1.82, 2.24) is 4.98 Å². The van der Waals surface area contributed by atoms with E-state index in [0.29, 0.717) is 11.5 Å². The number of hydrogen-bond donors (Lipinski definition) is 2. The number of hydrogen-bond acceptors (Lipinski definition) is 4. The van der Waals surface area contributed by atoms with Crippen LogP contribution in [0, 0.1) is 6.92 Å². The molecular weight excluding hydrogens is 236 g/mol. The lowest BCUT2D eigenvalue weighted by atomic mass is 10.1. The van der Waals surface area contributed by atoms with Crippen LogP contribution in [0.15, 0.2) is 36.4 Å². The number of anilines is 3. The van der Waals surface area contributed by atoms with Gasteiger partial charge in [-0.15, -0.1) is 0 Å². The summed E-state index contributed by atoms with van der Waals surface area (Å²) >= 11 is 0. The molecule has 4 N–H and O–H groups in total. The fourth-order valence-corrected chi connectivity index (χ4v) is 2.00. The van der Waals surface area contributed by atoms with Crippen molar-refractivity contribution in [3.63, 3.8) is 0 Å². The van der Waals surface area contributed by atoms with E-state index in [2.05, 4.69) is 48.0 Å². The molecule has 0 saturated heterocycles. The van der Waals surface area contributed by atoms with Crippen LogP contribution < -0.4 is 16.4 Å². The van der Waals surface area contributed by atoms with E-state index < -0.39 is 0 Å². The van der Waals surface area contributed by atoms with Gasteiger partial charge in [0, 0.05) is 13.1 Å². The van der Waals surface area contributed by atoms with Gasteiger partial charge in [-0.2, -0.15) is 0 Å². The second-order valence-corrected chi connectivity index (χ2v) is 4.58. The van der Waals surface area contributed by atoms with Crippen molar-refractivity contribution in [2.24, 2.45) is 0 Å². The van der Waals surface area contributed by atoms with Gasteiger partial charge in [-0.05, 0) is 37.1 Å². The van der Waals surface area contributed by atoms with Crippen molar-refractivity contribution in [2.75, 3.05) is 22.9 Å². The van der Waals surface area contributed by atoms with Gasteiger partial charge in [-0.25, -0.2) is 4.98 Å². The van der Waals surface area contributed by atoms with Gasteiger partial charge in [0.05, 0.1) is 5.69 Å². The molecule has 0 aliphatic heterocycles. The maximum Gasteiger partial charge on any atom is 0.149 e. The molecule has 0 atom stereocenters. The molecule has 0 aliphatic carbocycles. The zero-order valence-electron chi connectivity index (χ0n) is 11.4. The predicted molar refractivity (Wildman–Crippen MR) is 81.0 cm³/mol. The lowest BCUT2D eigenvalue weighted by molar-refractivity contribution is 0.811. The number of aromatic nitrogens is 1. The van der Waals surface area contributed by atoms with Crippen molar-refractivity contribution in [3.8, 4) is 0 Å². The van der Waals surface area contributed by atoms with Gasteiger partial charge in [0.15, 0.2) is 0 Å². The SMILES string of the molecule is CCN(Cc1ccccc1C)c1ccc(N)c(N)n1. The zero-order chi connectivity index (χ0) is 13.8. The van der Waals surface area contributed by atoms with E-state index in [-0.39, 0.29) is 0 Å². The summed E-state index contributed by atoms with van der Waals surface area (Å²) in [5.74, 6) is 1.25. The molecule has 0 aliphatic rings. The molecule has 4 nitrogen and oxygen atoms in total. The number of benzene rings is 1. The molecule has 0 amide bonds. The van der Waals surface area contributed by atoms with E-state index >= 15 is 0 Å². The number of nitrogen functional groups attached to an aromatic ring is 2. The number of nitrogens with zero attached hydrogens (tertiary/aromatic N) is 2. The fraction of sp³-hybridized carbons (Fsp3) is 0.267. The second-order valence-electron chi connectivity index (χ2n) is 4.58. The first-order valence-electron chi connectivity index (χ1n) is 6.43. The molecule has 0 radical (unpaired) electrons. The lowest BCUT2D eigenvalue weighted by Gasteiger charge is -2.23. The van der Waals surface area contributed by atoms with E-state index in [1.165, 1.54) is 11.1 Å². The Morgan fingerprint density at radius 3 is 2.47 bits per heavy atom. The smallest absolute Gasteiger partial charge is 0.149 e. The van der Waals surface area contributed by atoms with Crippen molar-refractivity contribution in [2.45, 2.75) is 20.4 Å². The van der Waals surface area contributed by atoms with E-state index in [4.69, 9.17) is 11.5 Å². The third kappa shape index (κ3) is 2.96. The van der Waals surface area contributed by atoms with E-state index in [1.54, 1.807) is 6.07 Å². The van der Waals surface area contributed by atoms with Crippen LogP contribution in [0.5, 0.6) is 0 Å². The molecule has 19 heavy (non-hydrogen) atoms. The minimum absolute atomic E-state index is 0.390. The monoisotopic (exact) mass is 256 g/mol. The first kappa shape index (κ1) is 13.2. The van der Waals surface area contributed by atoms with Crippen LogP contribution in [0.4, 0.5) is 17.3 Å². The molecule has 4 heteroatoms. The molecule has 0 unspecified atom stereocenters.